The molecule has 0 radical (unpaired) electrons. The molecule has 4 rings (SSSR count). The predicted molar refractivity (Wildman–Crippen MR) is 71.4 cm³/mol. The third-order valence-corrected chi connectivity index (χ3v) is 3.94. The van der Waals surface area contributed by atoms with Crippen LogP contribution in [0.3, 0.4) is 0 Å². The summed E-state index contributed by atoms with van der Waals surface area (Å²) in [5.74, 6) is 0.347. The van der Waals surface area contributed by atoms with Gasteiger partial charge in [0.25, 0.3) is 0 Å². The highest BCUT2D eigenvalue weighted by atomic mass is 19.1. The molecule has 20 heavy (non-hydrogen) atoms. The molecule has 1 saturated heterocycles. The second-order valence-electron chi connectivity index (χ2n) is 5.44. The van der Waals surface area contributed by atoms with Crippen molar-refractivity contribution in [1.82, 2.24) is 0 Å². The van der Waals surface area contributed by atoms with Crippen molar-refractivity contribution in [3.63, 3.8) is 0 Å². The number of hydrogen-bond donors (Lipinski definition) is 1. The highest BCUT2D eigenvalue weighted by Gasteiger charge is 2.48. The first-order chi connectivity index (χ1) is 9.59. The van der Waals surface area contributed by atoms with Gasteiger partial charge in [-0.1, -0.05) is 6.07 Å². The second kappa shape index (κ2) is 3.73. The Kier molecular flexibility index (Phi) is 2.19. The van der Waals surface area contributed by atoms with Gasteiger partial charge in [0.05, 0.1) is 13.2 Å². The lowest BCUT2D eigenvalue weighted by atomic mass is 9.81. The zero-order chi connectivity index (χ0) is 13.9. The van der Waals surface area contributed by atoms with Gasteiger partial charge in [0.2, 0.25) is 0 Å². The molecule has 102 valence electrons. The summed E-state index contributed by atoms with van der Waals surface area (Å²) in [7, 11) is 0. The number of aryl methyl sites for hydroxylation is 1. The molecule has 1 fully saturated rings. The molecule has 0 atom stereocenters. The normalized spacial score (nSPS) is 17.9. The van der Waals surface area contributed by atoms with Crippen LogP contribution in [0.15, 0.2) is 30.3 Å². The summed E-state index contributed by atoms with van der Waals surface area (Å²) in [5, 5.41) is 9.61. The van der Waals surface area contributed by atoms with Gasteiger partial charge in [-0.3, -0.25) is 0 Å². The quantitative estimate of drug-likeness (QED) is 0.800. The Bertz CT molecular complexity index is 720. The molecule has 0 aliphatic carbocycles. The largest absolute Gasteiger partial charge is 0.508 e. The fraction of sp³-hybridized carbons (Fsp3) is 0.250. The number of phenols is 1. The maximum atomic E-state index is 14.5. The SMILES string of the molecule is Cc1cc(F)c2c(c1)C1(COC1)Oc1cc(O)ccc1-2. The Balaban J connectivity index is 2.05. The van der Waals surface area contributed by atoms with Crippen LogP contribution in [0.5, 0.6) is 11.5 Å². The molecular weight excluding hydrogens is 259 g/mol. The Morgan fingerprint density at radius 1 is 1.20 bits per heavy atom. The van der Waals surface area contributed by atoms with Crippen molar-refractivity contribution < 1.29 is 19.0 Å². The first-order valence-electron chi connectivity index (χ1n) is 6.50. The Labute approximate surface area is 115 Å². The number of phenolic OH excluding ortho intramolecular Hbond substituents is 1. The number of fused-ring (bicyclic) bond motifs is 4. The number of aromatic hydroxyl groups is 1. The zero-order valence-electron chi connectivity index (χ0n) is 10.9. The number of rotatable bonds is 0. The first-order valence-corrected chi connectivity index (χ1v) is 6.50. The van der Waals surface area contributed by atoms with Crippen molar-refractivity contribution in [2.24, 2.45) is 0 Å². The van der Waals surface area contributed by atoms with Crippen LogP contribution in [0.4, 0.5) is 4.39 Å². The molecule has 2 aliphatic heterocycles. The van der Waals surface area contributed by atoms with Crippen LogP contribution in [0, 0.1) is 12.7 Å². The van der Waals surface area contributed by atoms with E-state index in [9.17, 15) is 9.50 Å². The summed E-state index contributed by atoms with van der Waals surface area (Å²) in [6.45, 7) is 2.67. The van der Waals surface area contributed by atoms with E-state index >= 15 is 0 Å². The summed E-state index contributed by atoms with van der Waals surface area (Å²) in [4.78, 5) is 0. The van der Waals surface area contributed by atoms with E-state index in [1.807, 2.05) is 13.0 Å². The average molecular weight is 272 g/mol. The van der Waals surface area contributed by atoms with Gasteiger partial charge >= 0.3 is 0 Å². The van der Waals surface area contributed by atoms with Crippen molar-refractivity contribution in [2.45, 2.75) is 12.5 Å². The van der Waals surface area contributed by atoms with Crippen LogP contribution in [0.2, 0.25) is 0 Å². The molecule has 1 N–H and O–H groups in total. The van der Waals surface area contributed by atoms with Crippen LogP contribution in [-0.4, -0.2) is 18.3 Å². The maximum Gasteiger partial charge on any atom is 0.181 e. The standard InChI is InChI=1S/C16H13FO3/c1-9-4-12-15(13(17)5-9)11-3-2-10(18)6-14(11)20-16(12)7-19-8-16/h2-6,18H,7-8H2,1H3. The minimum Gasteiger partial charge on any atom is -0.508 e. The number of benzene rings is 2. The van der Waals surface area contributed by atoms with Gasteiger partial charge in [-0.05, 0) is 30.7 Å². The minimum absolute atomic E-state index is 0.107. The fourth-order valence-corrected chi connectivity index (χ4v) is 2.94. The minimum atomic E-state index is -0.622. The lowest BCUT2D eigenvalue weighted by Crippen LogP contribution is -2.53. The average Bonchev–Trinajstić information content (AvgIpc) is 2.35. The van der Waals surface area contributed by atoms with Crippen LogP contribution < -0.4 is 4.74 Å². The highest BCUT2D eigenvalue weighted by molar-refractivity contribution is 5.78. The van der Waals surface area contributed by atoms with E-state index in [-0.39, 0.29) is 11.6 Å². The number of halogens is 1. The van der Waals surface area contributed by atoms with Crippen molar-refractivity contribution in [2.75, 3.05) is 13.2 Å². The van der Waals surface area contributed by atoms with Crippen LogP contribution in [0.25, 0.3) is 11.1 Å². The molecule has 0 unspecified atom stereocenters. The molecule has 0 amide bonds. The van der Waals surface area contributed by atoms with E-state index < -0.39 is 5.60 Å². The van der Waals surface area contributed by atoms with Gasteiger partial charge in [0.15, 0.2) is 5.60 Å². The molecule has 1 spiro atoms. The monoisotopic (exact) mass is 272 g/mol. The van der Waals surface area contributed by atoms with Crippen molar-refractivity contribution in [3.05, 3.63) is 47.3 Å². The predicted octanol–water partition coefficient (Wildman–Crippen LogP) is 3.12. The highest BCUT2D eigenvalue weighted by Crippen LogP contribution is 2.50. The first kappa shape index (κ1) is 11.7. The van der Waals surface area contributed by atoms with Crippen molar-refractivity contribution in [1.29, 1.82) is 0 Å². The van der Waals surface area contributed by atoms with Gasteiger partial charge in [-0.25, -0.2) is 4.39 Å². The maximum absolute atomic E-state index is 14.5. The number of ether oxygens (including phenoxy) is 2. The summed E-state index contributed by atoms with van der Waals surface area (Å²) < 4.78 is 25.8. The van der Waals surface area contributed by atoms with E-state index in [0.29, 0.717) is 30.1 Å². The molecule has 2 aromatic rings. The van der Waals surface area contributed by atoms with Crippen LogP contribution in [-0.2, 0) is 10.3 Å². The molecule has 2 aliphatic rings. The molecule has 0 saturated carbocycles. The fourth-order valence-electron chi connectivity index (χ4n) is 2.94. The molecule has 3 nitrogen and oxygen atoms in total. The molecule has 2 heterocycles. The van der Waals surface area contributed by atoms with Crippen LogP contribution >= 0.6 is 0 Å². The van der Waals surface area contributed by atoms with E-state index in [0.717, 1.165) is 11.1 Å². The van der Waals surface area contributed by atoms with E-state index in [4.69, 9.17) is 9.47 Å². The summed E-state index contributed by atoms with van der Waals surface area (Å²) in [6.07, 6.45) is 0. The van der Waals surface area contributed by atoms with E-state index in [2.05, 4.69) is 0 Å². The third kappa shape index (κ3) is 1.42. The third-order valence-electron chi connectivity index (χ3n) is 3.94. The second-order valence-corrected chi connectivity index (χ2v) is 5.44. The number of hydrogen-bond acceptors (Lipinski definition) is 3. The molecular formula is C16H13FO3. The van der Waals surface area contributed by atoms with Gasteiger partial charge in [0, 0.05) is 22.8 Å². The Morgan fingerprint density at radius 2 is 2.00 bits per heavy atom. The summed E-state index contributed by atoms with van der Waals surface area (Å²) in [5.41, 5.74) is 2.30. The van der Waals surface area contributed by atoms with E-state index in [1.165, 1.54) is 12.1 Å². The molecule has 4 heteroatoms. The van der Waals surface area contributed by atoms with Crippen molar-refractivity contribution >= 4 is 0 Å². The Hall–Kier alpha value is -2.07. The smallest absolute Gasteiger partial charge is 0.181 e. The van der Waals surface area contributed by atoms with E-state index in [1.54, 1.807) is 12.1 Å². The molecule has 0 bridgehead atoms. The summed E-state index contributed by atoms with van der Waals surface area (Å²) in [6, 6.07) is 8.23. The molecule has 2 aromatic carbocycles. The van der Waals surface area contributed by atoms with Crippen molar-refractivity contribution in [3.8, 4) is 22.6 Å². The molecule has 0 aromatic heterocycles. The Morgan fingerprint density at radius 3 is 2.70 bits per heavy atom. The zero-order valence-corrected chi connectivity index (χ0v) is 10.9. The van der Waals surface area contributed by atoms with Gasteiger partial charge in [-0.2, -0.15) is 0 Å². The van der Waals surface area contributed by atoms with Gasteiger partial charge in [-0.15, -0.1) is 0 Å². The lowest BCUT2D eigenvalue weighted by Gasteiger charge is -2.45. The lowest BCUT2D eigenvalue weighted by molar-refractivity contribution is -0.169. The van der Waals surface area contributed by atoms with Crippen LogP contribution in [0.1, 0.15) is 11.1 Å². The van der Waals surface area contributed by atoms with Gasteiger partial charge in [0.1, 0.15) is 17.3 Å². The topological polar surface area (TPSA) is 38.7 Å². The summed E-state index contributed by atoms with van der Waals surface area (Å²) >= 11 is 0. The van der Waals surface area contributed by atoms with Gasteiger partial charge < -0.3 is 14.6 Å².